The van der Waals surface area contributed by atoms with Crippen molar-refractivity contribution >= 4 is 28.9 Å². The molecule has 0 atom stereocenters. The van der Waals surface area contributed by atoms with Gasteiger partial charge in [-0.1, -0.05) is 12.1 Å². The van der Waals surface area contributed by atoms with Gasteiger partial charge in [-0.2, -0.15) is 13.2 Å². The van der Waals surface area contributed by atoms with Gasteiger partial charge in [-0.25, -0.2) is 19.3 Å². The maximum Gasteiger partial charge on any atom is 0.422 e. The zero-order valence-corrected chi connectivity index (χ0v) is 17.6. The predicted molar refractivity (Wildman–Crippen MR) is 106 cm³/mol. The third kappa shape index (κ3) is 5.24. The van der Waals surface area contributed by atoms with Crippen LogP contribution in [0, 0.1) is 6.92 Å². The molecule has 3 rings (SSSR count). The Labute approximate surface area is 175 Å². The highest BCUT2D eigenvalue weighted by Crippen LogP contribution is 2.34. The molecule has 3 aromatic rings. The van der Waals surface area contributed by atoms with Crippen LogP contribution in [-0.4, -0.2) is 39.0 Å². The molecule has 0 aliphatic carbocycles. The summed E-state index contributed by atoms with van der Waals surface area (Å²) in [7, 11) is 0. The summed E-state index contributed by atoms with van der Waals surface area (Å²) in [6.45, 7) is 5.46. The van der Waals surface area contributed by atoms with E-state index in [1.54, 1.807) is 52.0 Å². The first-order valence-electron chi connectivity index (χ1n) is 8.98. The fourth-order valence-corrected chi connectivity index (χ4v) is 3.51. The zero-order chi connectivity index (χ0) is 22.1. The first-order valence-corrected chi connectivity index (χ1v) is 9.80. The van der Waals surface area contributed by atoms with Gasteiger partial charge < -0.3 is 9.47 Å². The number of ether oxygens (including phenoxy) is 2. The molecular weight excluding hydrogens is 419 g/mol. The quantitative estimate of drug-likeness (QED) is 0.526. The molecule has 2 aromatic heterocycles. The first kappa shape index (κ1) is 21.9. The maximum absolute atomic E-state index is 12.8. The Hall–Kier alpha value is -2.75. The lowest BCUT2D eigenvalue weighted by Gasteiger charge is -2.20. The lowest BCUT2D eigenvalue weighted by Crippen LogP contribution is -2.27. The van der Waals surface area contributed by atoms with Gasteiger partial charge in [-0.15, -0.1) is 0 Å². The maximum atomic E-state index is 12.8. The van der Waals surface area contributed by atoms with Crippen LogP contribution < -0.4 is 4.74 Å². The van der Waals surface area contributed by atoms with Crippen molar-refractivity contribution in [2.45, 2.75) is 49.7 Å². The summed E-state index contributed by atoms with van der Waals surface area (Å²) in [6, 6.07) is 8.41. The van der Waals surface area contributed by atoms with Crippen molar-refractivity contribution < 1.29 is 27.4 Å². The molecule has 0 unspecified atom stereocenters. The average Bonchev–Trinajstić information content (AvgIpc) is 2.98. The van der Waals surface area contributed by atoms with Crippen molar-refractivity contribution in [3.05, 3.63) is 42.1 Å². The predicted octanol–water partition coefficient (Wildman–Crippen LogP) is 5.62. The van der Waals surface area contributed by atoms with Crippen LogP contribution in [0.2, 0.25) is 0 Å². The largest absolute Gasteiger partial charge is 0.484 e. The normalized spacial score (nSPS) is 12.2. The number of hydrogen-bond acceptors (Lipinski definition) is 6. The second-order valence-electron chi connectivity index (χ2n) is 7.44. The van der Waals surface area contributed by atoms with Gasteiger partial charge in [-0.3, -0.25) is 0 Å². The van der Waals surface area contributed by atoms with Gasteiger partial charge in [-0.05, 0) is 57.7 Å². The summed E-state index contributed by atoms with van der Waals surface area (Å²) in [5, 5.41) is 0.656. The van der Waals surface area contributed by atoms with Crippen molar-refractivity contribution in [3.63, 3.8) is 0 Å². The van der Waals surface area contributed by atoms with E-state index in [2.05, 4.69) is 9.97 Å². The van der Waals surface area contributed by atoms with Crippen LogP contribution >= 0.6 is 11.8 Å². The van der Waals surface area contributed by atoms with Crippen molar-refractivity contribution in [2.24, 2.45) is 0 Å². The number of aromatic nitrogens is 3. The number of halogens is 3. The van der Waals surface area contributed by atoms with Gasteiger partial charge in [0.15, 0.2) is 11.8 Å². The summed E-state index contributed by atoms with van der Waals surface area (Å²) >= 11 is 1.05. The van der Waals surface area contributed by atoms with Gasteiger partial charge in [0.25, 0.3) is 0 Å². The molecule has 0 radical (unpaired) electrons. The monoisotopic (exact) mass is 439 g/mol. The average molecular weight is 439 g/mol. The Balaban J connectivity index is 1.98. The molecule has 0 aliphatic heterocycles. The van der Waals surface area contributed by atoms with Crippen LogP contribution in [0.5, 0.6) is 5.75 Å². The number of carbonyl (C=O) groups is 1. The minimum Gasteiger partial charge on any atom is -0.484 e. The van der Waals surface area contributed by atoms with Gasteiger partial charge in [0.05, 0.1) is 11.0 Å². The number of hydrogen-bond donors (Lipinski definition) is 0. The summed E-state index contributed by atoms with van der Waals surface area (Å²) in [6.07, 6.45) is -3.71. The van der Waals surface area contributed by atoms with Gasteiger partial charge >= 0.3 is 12.3 Å². The molecule has 0 spiro atoms. The molecule has 0 fully saturated rings. The fraction of sp³-hybridized carbons (Fsp3) is 0.350. The van der Waals surface area contributed by atoms with E-state index in [1.165, 1.54) is 16.8 Å². The molecule has 6 nitrogen and oxygen atoms in total. The van der Waals surface area contributed by atoms with Crippen LogP contribution in [-0.2, 0) is 4.74 Å². The topological polar surface area (TPSA) is 66.2 Å². The highest BCUT2D eigenvalue weighted by atomic mass is 32.2. The SMILES string of the molecule is Cc1c(OCC(F)(F)F)ccnc1Sc1nc2ccccc2n1C(=O)OC(C)(C)C. The minimum absolute atomic E-state index is 0.0600. The fourth-order valence-electron chi connectivity index (χ4n) is 2.56. The molecule has 0 saturated heterocycles. The highest BCUT2D eigenvalue weighted by molar-refractivity contribution is 7.99. The Morgan fingerprint density at radius 3 is 2.53 bits per heavy atom. The van der Waals surface area contributed by atoms with Crippen molar-refractivity contribution in [1.82, 2.24) is 14.5 Å². The van der Waals surface area contributed by atoms with E-state index >= 15 is 0 Å². The Morgan fingerprint density at radius 1 is 1.17 bits per heavy atom. The van der Waals surface area contributed by atoms with Crippen LogP contribution in [0.4, 0.5) is 18.0 Å². The number of fused-ring (bicyclic) bond motifs is 1. The number of pyridine rings is 1. The van der Waals surface area contributed by atoms with E-state index in [0.717, 1.165) is 11.8 Å². The van der Waals surface area contributed by atoms with E-state index in [1.807, 2.05) is 0 Å². The number of alkyl halides is 3. The zero-order valence-electron chi connectivity index (χ0n) is 16.8. The molecular formula is C20H20F3N3O3S. The summed E-state index contributed by atoms with van der Waals surface area (Å²) in [5.41, 5.74) is 0.822. The number of imidazole rings is 1. The Morgan fingerprint density at radius 2 is 1.87 bits per heavy atom. The van der Waals surface area contributed by atoms with Crippen LogP contribution in [0.1, 0.15) is 26.3 Å². The van der Waals surface area contributed by atoms with E-state index in [9.17, 15) is 18.0 Å². The molecule has 10 heteroatoms. The Bertz CT molecular complexity index is 1070. The molecule has 0 aliphatic rings. The van der Waals surface area contributed by atoms with E-state index in [0.29, 0.717) is 21.6 Å². The van der Waals surface area contributed by atoms with Crippen LogP contribution in [0.25, 0.3) is 11.0 Å². The Kier molecular flexibility index (Phi) is 5.98. The molecule has 2 heterocycles. The lowest BCUT2D eigenvalue weighted by molar-refractivity contribution is -0.153. The second-order valence-corrected chi connectivity index (χ2v) is 8.40. The molecule has 0 saturated carbocycles. The number of para-hydroxylation sites is 2. The number of carbonyl (C=O) groups excluding carboxylic acids is 1. The smallest absolute Gasteiger partial charge is 0.422 e. The lowest BCUT2D eigenvalue weighted by atomic mass is 10.2. The minimum atomic E-state index is -4.45. The van der Waals surface area contributed by atoms with Crippen molar-refractivity contribution in [3.8, 4) is 5.75 Å². The van der Waals surface area contributed by atoms with Crippen molar-refractivity contribution in [2.75, 3.05) is 6.61 Å². The van der Waals surface area contributed by atoms with E-state index < -0.39 is 24.5 Å². The van der Waals surface area contributed by atoms with Gasteiger partial charge in [0.1, 0.15) is 16.4 Å². The third-order valence-corrected chi connectivity index (χ3v) is 4.85. The summed E-state index contributed by atoms with van der Waals surface area (Å²) in [5.74, 6) is 0.0600. The second kappa shape index (κ2) is 8.17. The molecule has 30 heavy (non-hydrogen) atoms. The molecule has 0 bridgehead atoms. The molecule has 0 amide bonds. The first-order chi connectivity index (χ1) is 13.9. The standard InChI is InChI=1S/C20H20F3N3O3S/c1-12-15(28-11-20(21,22)23)9-10-24-16(12)30-17-25-13-7-5-6-8-14(13)26(17)18(27)29-19(2,3)4/h5-10H,11H2,1-4H3. The van der Waals surface area contributed by atoms with Crippen molar-refractivity contribution in [1.29, 1.82) is 0 Å². The van der Waals surface area contributed by atoms with E-state index in [-0.39, 0.29) is 10.9 Å². The highest BCUT2D eigenvalue weighted by Gasteiger charge is 2.29. The summed E-state index contributed by atoms with van der Waals surface area (Å²) in [4.78, 5) is 21.5. The molecule has 160 valence electrons. The van der Waals surface area contributed by atoms with Crippen LogP contribution in [0.15, 0.2) is 46.7 Å². The van der Waals surface area contributed by atoms with Gasteiger partial charge in [0, 0.05) is 11.8 Å². The molecule has 1 aromatic carbocycles. The number of nitrogens with zero attached hydrogens (tertiary/aromatic N) is 3. The van der Waals surface area contributed by atoms with Crippen LogP contribution in [0.3, 0.4) is 0 Å². The number of benzene rings is 1. The number of rotatable bonds is 4. The molecule has 0 N–H and O–H groups in total. The third-order valence-electron chi connectivity index (χ3n) is 3.79. The van der Waals surface area contributed by atoms with Gasteiger partial charge in [0.2, 0.25) is 0 Å². The van der Waals surface area contributed by atoms with E-state index in [4.69, 9.17) is 9.47 Å². The summed E-state index contributed by atoms with van der Waals surface area (Å²) < 4.78 is 49.2.